The Morgan fingerprint density at radius 1 is 0.976 bits per heavy atom. The lowest BCUT2D eigenvalue weighted by molar-refractivity contribution is -0.144. The molecule has 1 aromatic carbocycles. The molecule has 0 saturated heterocycles. The summed E-state index contributed by atoms with van der Waals surface area (Å²) in [6.45, 7) is 3.46. The van der Waals surface area contributed by atoms with E-state index in [1.54, 1.807) is 20.0 Å². The predicted octanol–water partition coefficient (Wildman–Crippen LogP) is -0.146. The fraction of sp³-hybridized carbons (Fsp3) is 0.429. The van der Waals surface area contributed by atoms with Crippen molar-refractivity contribution >= 4 is 40.5 Å². The number of aliphatic carboxylic acids is 1. The third-order valence-electron chi connectivity index (χ3n) is 7.15. The zero-order valence-corrected chi connectivity index (χ0v) is 23.6. The number of carboxylic acid groups (broad SMARTS) is 1. The van der Waals surface area contributed by atoms with Crippen LogP contribution in [-0.2, 0) is 36.8 Å². The summed E-state index contributed by atoms with van der Waals surface area (Å²) >= 11 is 0. The van der Waals surface area contributed by atoms with E-state index in [1.165, 1.54) is 12.5 Å². The lowest BCUT2D eigenvalue weighted by Gasteiger charge is -2.26. The molecule has 0 bridgehead atoms. The van der Waals surface area contributed by atoms with Crippen LogP contribution in [0.2, 0.25) is 0 Å². The minimum absolute atomic E-state index is 0.0488. The highest BCUT2D eigenvalue weighted by atomic mass is 16.4. The van der Waals surface area contributed by atoms with Crippen molar-refractivity contribution in [2.75, 3.05) is 0 Å². The van der Waals surface area contributed by atoms with Gasteiger partial charge in [0.2, 0.25) is 23.6 Å². The van der Waals surface area contributed by atoms with Crippen LogP contribution in [0.25, 0.3) is 10.9 Å². The highest BCUT2D eigenvalue weighted by molar-refractivity contribution is 5.95. The zero-order valence-electron chi connectivity index (χ0n) is 23.6. The molecular formula is C28H38N8O6. The van der Waals surface area contributed by atoms with Gasteiger partial charge in [-0.3, -0.25) is 19.2 Å². The Labute approximate surface area is 242 Å². The second-order valence-corrected chi connectivity index (χ2v) is 10.3. The van der Waals surface area contributed by atoms with Crippen molar-refractivity contribution in [2.24, 2.45) is 17.4 Å². The van der Waals surface area contributed by atoms with Crippen LogP contribution in [0.5, 0.6) is 0 Å². The Morgan fingerprint density at radius 2 is 1.67 bits per heavy atom. The van der Waals surface area contributed by atoms with Crippen LogP contribution >= 0.6 is 0 Å². The predicted molar refractivity (Wildman–Crippen MR) is 154 cm³/mol. The summed E-state index contributed by atoms with van der Waals surface area (Å²) in [6.07, 6.45) is 4.97. The molecule has 42 heavy (non-hydrogen) atoms. The molecule has 2 heterocycles. The molecule has 4 amide bonds. The average molecular weight is 583 g/mol. The molecule has 0 spiro atoms. The van der Waals surface area contributed by atoms with Crippen molar-refractivity contribution in [2.45, 2.75) is 70.1 Å². The molecular weight excluding hydrogens is 544 g/mol. The molecule has 0 aliphatic carbocycles. The van der Waals surface area contributed by atoms with Gasteiger partial charge in [0.05, 0.1) is 12.4 Å². The van der Waals surface area contributed by atoms with Crippen molar-refractivity contribution in [1.29, 1.82) is 0 Å². The second kappa shape index (κ2) is 14.8. The third-order valence-corrected chi connectivity index (χ3v) is 7.15. The first-order chi connectivity index (χ1) is 20.0. The zero-order chi connectivity index (χ0) is 30.8. The first kappa shape index (κ1) is 31.8. The van der Waals surface area contributed by atoms with Crippen molar-refractivity contribution in [1.82, 2.24) is 30.9 Å². The number of primary amides is 1. The van der Waals surface area contributed by atoms with E-state index in [0.717, 1.165) is 16.5 Å². The van der Waals surface area contributed by atoms with Crippen LogP contribution in [0.3, 0.4) is 0 Å². The second-order valence-electron chi connectivity index (χ2n) is 10.3. The van der Waals surface area contributed by atoms with Crippen LogP contribution in [0.4, 0.5) is 0 Å². The Bertz CT molecular complexity index is 1390. The maximum atomic E-state index is 13.6. The number of hydrogen-bond acceptors (Lipinski definition) is 7. The van der Waals surface area contributed by atoms with Crippen molar-refractivity contribution in [3.8, 4) is 0 Å². The van der Waals surface area contributed by atoms with E-state index >= 15 is 0 Å². The molecule has 5 unspecified atom stereocenters. The number of fused-ring (bicyclic) bond motifs is 1. The summed E-state index contributed by atoms with van der Waals surface area (Å²) in [4.78, 5) is 73.1. The summed E-state index contributed by atoms with van der Waals surface area (Å²) in [5.74, 6) is -4.44. The fourth-order valence-corrected chi connectivity index (χ4v) is 4.50. The van der Waals surface area contributed by atoms with Crippen LogP contribution in [0.1, 0.15) is 44.4 Å². The van der Waals surface area contributed by atoms with E-state index in [2.05, 4.69) is 30.9 Å². The molecule has 0 radical (unpaired) electrons. The van der Waals surface area contributed by atoms with Gasteiger partial charge in [0.1, 0.15) is 18.1 Å². The van der Waals surface area contributed by atoms with Gasteiger partial charge in [0.15, 0.2) is 0 Å². The van der Waals surface area contributed by atoms with Crippen molar-refractivity contribution in [3.05, 3.63) is 54.2 Å². The summed E-state index contributed by atoms with van der Waals surface area (Å²) in [5.41, 5.74) is 13.6. The van der Waals surface area contributed by atoms with Gasteiger partial charge in [-0.1, -0.05) is 38.5 Å². The minimum Gasteiger partial charge on any atom is -0.480 e. The van der Waals surface area contributed by atoms with Gasteiger partial charge in [-0.25, -0.2) is 9.78 Å². The smallest absolute Gasteiger partial charge is 0.326 e. The molecule has 14 heteroatoms. The van der Waals surface area contributed by atoms with Crippen LogP contribution in [0, 0.1) is 5.92 Å². The van der Waals surface area contributed by atoms with Crippen LogP contribution in [0.15, 0.2) is 43.0 Å². The lowest BCUT2D eigenvalue weighted by Crippen LogP contribution is -2.58. The van der Waals surface area contributed by atoms with E-state index in [4.69, 9.17) is 11.5 Å². The fourth-order valence-electron chi connectivity index (χ4n) is 4.50. The van der Waals surface area contributed by atoms with Crippen molar-refractivity contribution < 1.29 is 29.1 Å². The van der Waals surface area contributed by atoms with Gasteiger partial charge in [-0.2, -0.15) is 0 Å². The Hall–Kier alpha value is -4.72. The van der Waals surface area contributed by atoms with Gasteiger partial charge >= 0.3 is 5.97 Å². The molecule has 14 nitrogen and oxygen atoms in total. The number of para-hydroxylation sites is 1. The molecule has 3 aromatic rings. The number of nitrogens with zero attached hydrogens (tertiary/aromatic N) is 1. The standard InChI is InChI=1S/C28H38N8O6/c1-3-15(2)24(28(41)42)36-26(39)21(8-9-23(30)37)34-27(40)22(10-16-12-32-20-7-5-4-6-18(16)20)35-25(38)19(29)11-17-13-31-14-33-17/h4-7,12-15,19,21-22,24,32H,3,8-11,29H2,1-2H3,(H2,30,37)(H,31,33)(H,34,40)(H,35,38)(H,36,39)(H,41,42). The Balaban J connectivity index is 1.84. The number of carbonyl (C=O) groups is 5. The number of aromatic amines is 2. The number of hydrogen-bond donors (Lipinski definition) is 8. The van der Waals surface area contributed by atoms with Gasteiger partial charge in [-0.05, 0) is 24.0 Å². The molecule has 0 saturated carbocycles. The largest absolute Gasteiger partial charge is 0.480 e. The van der Waals surface area contributed by atoms with E-state index in [-0.39, 0.29) is 25.7 Å². The molecule has 226 valence electrons. The summed E-state index contributed by atoms with van der Waals surface area (Å²) in [6, 6.07) is 2.75. The maximum Gasteiger partial charge on any atom is 0.326 e. The number of benzene rings is 1. The molecule has 3 rings (SSSR count). The molecule has 10 N–H and O–H groups in total. The maximum absolute atomic E-state index is 13.6. The van der Waals surface area contributed by atoms with Gasteiger partial charge < -0.3 is 42.5 Å². The van der Waals surface area contributed by atoms with Crippen molar-refractivity contribution in [3.63, 3.8) is 0 Å². The highest BCUT2D eigenvalue weighted by Gasteiger charge is 2.32. The number of nitrogens with one attached hydrogen (secondary N) is 5. The summed E-state index contributed by atoms with van der Waals surface area (Å²) in [5, 5.41) is 18.2. The number of carbonyl (C=O) groups excluding carboxylic acids is 4. The minimum atomic E-state index is -1.29. The molecule has 0 aliphatic heterocycles. The number of nitrogens with two attached hydrogens (primary N) is 2. The molecule has 5 atom stereocenters. The summed E-state index contributed by atoms with van der Waals surface area (Å²) in [7, 11) is 0. The van der Waals surface area contributed by atoms with Crippen LogP contribution < -0.4 is 27.4 Å². The van der Waals surface area contributed by atoms with Gasteiger partial charge in [0.25, 0.3) is 0 Å². The van der Waals surface area contributed by atoms with Crippen LogP contribution in [-0.4, -0.2) is 73.8 Å². The lowest BCUT2D eigenvalue weighted by atomic mass is 9.98. The van der Waals surface area contributed by atoms with E-state index in [1.807, 2.05) is 24.3 Å². The number of imidazole rings is 1. The summed E-state index contributed by atoms with van der Waals surface area (Å²) < 4.78 is 0. The topological polar surface area (TPSA) is 238 Å². The first-order valence-corrected chi connectivity index (χ1v) is 13.7. The normalized spacial score (nSPS) is 14.7. The molecule has 0 aliphatic rings. The SMILES string of the molecule is CCC(C)C(NC(=O)C(CCC(N)=O)NC(=O)C(Cc1c[nH]c2ccccc12)NC(=O)C(N)Cc1cnc[nH]1)C(=O)O. The number of carboxylic acids is 1. The monoisotopic (exact) mass is 582 g/mol. The number of aromatic nitrogens is 3. The average Bonchev–Trinajstić information content (AvgIpc) is 3.62. The van der Waals surface area contributed by atoms with Gasteiger partial charge in [0, 0.05) is 48.3 Å². The molecule has 0 fully saturated rings. The Kier molecular flexibility index (Phi) is 11.2. The van der Waals surface area contributed by atoms with Gasteiger partial charge in [-0.15, -0.1) is 0 Å². The number of amides is 4. The molecule has 2 aromatic heterocycles. The number of rotatable bonds is 16. The first-order valence-electron chi connectivity index (χ1n) is 13.7. The highest BCUT2D eigenvalue weighted by Crippen LogP contribution is 2.19. The van der Waals surface area contributed by atoms with E-state index in [0.29, 0.717) is 12.1 Å². The van der Waals surface area contributed by atoms with E-state index < -0.39 is 59.7 Å². The van der Waals surface area contributed by atoms with E-state index in [9.17, 15) is 29.1 Å². The quantitative estimate of drug-likeness (QED) is 0.113. The third kappa shape index (κ3) is 8.64. The Morgan fingerprint density at radius 3 is 2.31 bits per heavy atom. The number of H-pyrrole nitrogens is 2.